The molecular formula is C11H22BN. The standard InChI is InChI=1S/C11H22BN/c1-4-5-8-13-11(3)7-6-10(2)9-12/h8,10-11H,4-7,9H2,1-3H3. The van der Waals surface area contributed by atoms with Crippen molar-refractivity contribution in [2.75, 3.05) is 0 Å². The predicted molar refractivity (Wildman–Crippen MR) is 61.8 cm³/mol. The summed E-state index contributed by atoms with van der Waals surface area (Å²) in [5, 5.41) is 0. The van der Waals surface area contributed by atoms with Crippen molar-refractivity contribution in [3.8, 4) is 0 Å². The van der Waals surface area contributed by atoms with Crippen molar-refractivity contribution in [2.24, 2.45) is 10.9 Å². The van der Waals surface area contributed by atoms with Crippen LogP contribution < -0.4 is 0 Å². The van der Waals surface area contributed by atoms with Gasteiger partial charge in [-0.15, -0.1) is 0 Å². The van der Waals surface area contributed by atoms with Gasteiger partial charge in [0.1, 0.15) is 0 Å². The molecule has 0 aliphatic heterocycles. The fourth-order valence-corrected chi connectivity index (χ4v) is 1.10. The van der Waals surface area contributed by atoms with E-state index in [9.17, 15) is 0 Å². The third-order valence-electron chi connectivity index (χ3n) is 2.26. The largest absolute Gasteiger partial charge is 0.295 e. The zero-order chi connectivity index (χ0) is 10.1. The zero-order valence-corrected chi connectivity index (χ0v) is 9.29. The van der Waals surface area contributed by atoms with E-state index in [1.165, 1.54) is 19.3 Å². The Labute approximate surface area is 84.4 Å². The predicted octanol–water partition coefficient (Wildman–Crippen LogP) is 3.25. The molecule has 0 heterocycles. The van der Waals surface area contributed by atoms with E-state index in [-0.39, 0.29) is 0 Å². The van der Waals surface area contributed by atoms with Crippen LogP contribution in [0.4, 0.5) is 0 Å². The summed E-state index contributed by atoms with van der Waals surface area (Å²) >= 11 is 0. The minimum Gasteiger partial charge on any atom is -0.295 e. The molecule has 74 valence electrons. The van der Waals surface area contributed by atoms with Gasteiger partial charge in [0, 0.05) is 6.04 Å². The summed E-state index contributed by atoms with van der Waals surface area (Å²) in [5.74, 6) is 0.642. The second-order valence-electron chi connectivity index (χ2n) is 3.89. The van der Waals surface area contributed by atoms with Gasteiger partial charge in [0.2, 0.25) is 0 Å². The maximum Gasteiger partial charge on any atom is 0.0656 e. The molecule has 2 heteroatoms. The van der Waals surface area contributed by atoms with Gasteiger partial charge in [-0.3, -0.25) is 4.99 Å². The second-order valence-corrected chi connectivity index (χ2v) is 3.89. The molecule has 0 N–H and O–H groups in total. The van der Waals surface area contributed by atoms with Gasteiger partial charge in [0.25, 0.3) is 0 Å². The van der Waals surface area contributed by atoms with E-state index < -0.39 is 0 Å². The Hall–Kier alpha value is -0.265. The number of aliphatic imine (C=N–C) groups is 1. The Morgan fingerprint density at radius 2 is 2.00 bits per heavy atom. The van der Waals surface area contributed by atoms with Crippen molar-refractivity contribution in [3.05, 3.63) is 0 Å². The van der Waals surface area contributed by atoms with E-state index in [1.807, 2.05) is 0 Å². The van der Waals surface area contributed by atoms with Crippen LogP contribution in [-0.2, 0) is 0 Å². The van der Waals surface area contributed by atoms with Crippen molar-refractivity contribution in [3.63, 3.8) is 0 Å². The maximum atomic E-state index is 5.54. The number of hydrogen-bond donors (Lipinski definition) is 0. The quantitative estimate of drug-likeness (QED) is 0.420. The average molecular weight is 179 g/mol. The first-order valence-electron chi connectivity index (χ1n) is 5.42. The summed E-state index contributed by atoms with van der Waals surface area (Å²) in [6.07, 6.45) is 7.51. The molecule has 0 spiro atoms. The molecule has 0 aliphatic rings. The first-order chi connectivity index (χ1) is 6.20. The molecular weight excluding hydrogens is 157 g/mol. The van der Waals surface area contributed by atoms with Crippen LogP contribution in [-0.4, -0.2) is 20.1 Å². The summed E-state index contributed by atoms with van der Waals surface area (Å²) in [4.78, 5) is 4.45. The van der Waals surface area contributed by atoms with Crippen molar-refractivity contribution >= 4 is 14.1 Å². The van der Waals surface area contributed by atoms with Crippen molar-refractivity contribution in [2.45, 2.75) is 58.8 Å². The smallest absolute Gasteiger partial charge is 0.0656 e. The fraction of sp³-hybridized carbons (Fsp3) is 0.909. The molecule has 13 heavy (non-hydrogen) atoms. The molecule has 2 atom stereocenters. The molecule has 0 saturated carbocycles. The van der Waals surface area contributed by atoms with Gasteiger partial charge in [0.15, 0.2) is 0 Å². The lowest BCUT2D eigenvalue weighted by molar-refractivity contribution is 0.516. The van der Waals surface area contributed by atoms with Crippen LogP contribution in [0, 0.1) is 5.92 Å². The topological polar surface area (TPSA) is 12.4 Å². The third kappa shape index (κ3) is 8.08. The number of nitrogens with zero attached hydrogens (tertiary/aromatic N) is 1. The van der Waals surface area contributed by atoms with Crippen molar-refractivity contribution < 1.29 is 0 Å². The molecule has 2 unspecified atom stereocenters. The number of unbranched alkanes of at least 4 members (excludes halogenated alkanes) is 1. The summed E-state index contributed by atoms with van der Waals surface area (Å²) in [6, 6.07) is 0.473. The molecule has 0 aliphatic carbocycles. The van der Waals surface area contributed by atoms with Gasteiger partial charge in [-0.05, 0) is 32.4 Å². The summed E-state index contributed by atoms with van der Waals surface area (Å²) in [6.45, 7) is 6.55. The molecule has 0 fully saturated rings. The third-order valence-corrected chi connectivity index (χ3v) is 2.26. The van der Waals surface area contributed by atoms with E-state index in [1.54, 1.807) is 0 Å². The van der Waals surface area contributed by atoms with Crippen molar-refractivity contribution in [1.29, 1.82) is 0 Å². The lowest BCUT2D eigenvalue weighted by Gasteiger charge is -2.10. The Bertz CT molecular complexity index is 134. The first-order valence-corrected chi connectivity index (χ1v) is 5.42. The summed E-state index contributed by atoms with van der Waals surface area (Å²) < 4.78 is 0. The Morgan fingerprint density at radius 3 is 2.54 bits per heavy atom. The molecule has 0 aromatic carbocycles. The summed E-state index contributed by atoms with van der Waals surface area (Å²) in [5.41, 5.74) is 0. The molecule has 0 aromatic rings. The second kappa shape index (κ2) is 8.34. The van der Waals surface area contributed by atoms with Crippen LogP contribution in [0.25, 0.3) is 0 Å². The molecule has 2 radical (unpaired) electrons. The normalized spacial score (nSPS) is 16.2. The van der Waals surface area contributed by atoms with Crippen LogP contribution >= 0.6 is 0 Å². The highest BCUT2D eigenvalue weighted by molar-refractivity contribution is 6.08. The minimum absolute atomic E-state index is 0.473. The Kier molecular flexibility index (Phi) is 8.17. The highest BCUT2D eigenvalue weighted by Gasteiger charge is 2.02. The molecule has 0 bridgehead atoms. The van der Waals surface area contributed by atoms with Crippen LogP contribution in [0.3, 0.4) is 0 Å². The van der Waals surface area contributed by atoms with Gasteiger partial charge >= 0.3 is 0 Å². The van der Waals surface area contributed by atoms with Crippen molar-refractivity contribution in [1.82, 2.24) is 0 Å². The van der Waals surface area contributed by atoms with E-state index in [4.69, 9.17) is 7.85 Å². The molecule has 0 rings (SSSR count). The fourth-order valence-electron chi connectivity index (χ4n) is 1.10. The highest BCUT2D eigenvalue weighted by Crippen LogP contribution is 2.12. The van der Waals surface area contributed by atoms with Gasteiger partial charge in [-0.1, -0.05) is 32.5 Å². The van der Waals surface area contributed by atoms with Gasteiger partial charge in [-0.2, -0.15) is 0 Å². The van der Waals surface area contributed by atoms with Gasteiger partial charge in [0.05, 0.1) is 7.85 Å². The van der Waals surface area contributed by atoms with E-state index in [0.717, 1.165) is 12.7 Å². The molecule has 0 saturated heterocycles. The van der Waals surface area contributed by atoms with E-state index in [0.29, 0.717) is 12.0 Å². The number of rotatable bonds is 7. The van der Waals surface area contributed by atoms with Crippen LogP contribution in [0.2, 0.25) is 6.32 Å². The SMILES string of the molecule is [B]CC(C)CCC(C)N=CCCC. The molecule has 1 nitrogen and oxygen atoms in total. The monoisotopic (exact) mass is 179 g/mol. The van der Waals surface area contributed by atoms with E-state index in [2.05, 4.69) is 32.0 Å². The highest BCUT2D eigenvalue weighted by atomic mass is 14.7. The average Bonchev–Trinajstić information content (AvgIpc) is 2.14. The molecule has 0 amide bonds. The zero-order valence-electron chi connectivity index (χ0n) is 9.29. The lowest BCUT2D eigenvalue weighted by atomic mass is 9.88. The Morgan fingerprint density at radius 1 is 1.31 bits per heavy atom. The summed E-state index contributed by atoms with van der Waals surface area (Å²) in [7, 11) is 5.54. The first kappa shape index (κ1) is 12.7. The number of hydrogen-bond acceptors (Lipinski definition) is 1. The lowest BCUT2D eigenvalue weighted by Crippen LogP contribution is -2.02. The van der Waals surface area contributed by atoms with Gasteiger partial charge in [-0.25, -0.2) is 0 Å². The maximum absolute atomic E-state index is 5.54. The van der Waals surface area contributed by atoms with Crippen LogP contribution in [0.15, 0.2) is 4.99 Å². The minimum atomic E-state index is 0.473. The Balaban J connectivity index is 3.44. The molecule has 0 aromatic heterocycles. The van der Waals surface area contributed by atoms with E-state index >= 15 is 0 Å². The van der Waals surface area contributed by atoms with Crippen LogP contribution in [0.5, 0.6) is 0 Å². The van der Waals surface area contributed by atoms with Gasteiger partial charge < -0.3 is 0 Å². The van der Waals surface area contributed by atoms with Crippen LogP contribution in [0.1, 0.15) is 46.5 Å².